The van der Waals surface area contributed by atoms with Crippen LogP contribution in [0.5, 0.6) is 11.5 Å². The second-order valence-corrected chi connectivity index (χ2v) is 4.69. The molecule has 128 valence electrons. The molecule has 2 aromatic rings. The molecule has 0 aromatic heterocycles. The summed E-state index contributed by atoms with van der Waals surface area (Å²) in [6.07, 6.45) is 0. The second-order valence-electron chi connectivity index (χ2n) is 4.69. The van der Waals surface area contributed by atoms with Gasteiger partial charge in [-0.25, -0.2) is 13.2 Å². The van der Waals surface area contributed by atoms with E-state index in [2.05, 4.69) is 10.6 Å². The van der Waals surface area contributed by atoms with Crippen LogP contribution in [0.3, 0.4) is 0 Å². The van der Waals surface area contributed by atoms with Gasteiger partial charge in [0.25, 0.3) is 0 Å². The molecule has 24 heavy (non-hydrogen) atoms. The molecule has 2 rings (SSSR count). The summed E-state index contributed by atoms with van der Waals surface area (Å²) in [6, 6.07) is 6.60. The predicted octanol–water partition coefficient (Wildman–Crippen LogP) is 3.17. The van der Waals surface area contributed by atoms with Crippen molar-refractivity contribution in [3.05, 3.63) is 47.8 Å². The minimum atomic E-state index is -1.64. The smallest absolute Gasteiger partial charge is 0.243 e. The molecule has 0 radical (unpaired) electrons. The summed E-state index contributed by atoms with van der Waals surface area (Å²) in [6.45, 7) is -0.214. The highest BCUT2D eigenvalue weighted by Gasteiger charge is 2.15. The highest BCUT2D eigenvalue weighted by molar-refractivity contribution is 5.93. The lowest BCUT2D eigenvalue weighted by molar-refractivity contribution is -0.114. The molecular formula is C16H15F3N2O3. The summed E-state index contributed by atoms with van der Waals surface area (Å²) in [4.78, 5) is 11.8. The normalized spacial score (nSPS) is 10.2. The summed E-state index contributed by atoms with van der Waals surface area (Å²) < 4.78 is 49.6. The van der Waals surface area contributed by atoms with Gasteiger partial charge in [-0.15, -0.1) is 0 Å². The molecule has 0 saturated heterocycles. The van der Waals surface area contributed by atoms with Gasteiger partial charge in [-0.3, -0.25) is 4.79 Å². The SMILES string of the molecule is COc1ccc(NCC(=O)Nc2ccc(F)c(F)c2F)cc1OC. The summed E-state index contributed by atoms with van der Waals surface area (Å²) in [5.41, 5.74) is 0.126. The Balaban J connectivity index is 2.00. The molecule has 0 aliphatic heterocycles. The van der Waals surface area contributed by atoms with Gasteiger partial charge >= 0.3 is 0 Å². The summed E-state index contributed by atoms with van der Waals surface area (Å²) in [5.74, 6) is -4.05. The van der Waals surface area contributed by atoms with Crippen LogP contribution in [0.25, 0.3) is 0 Å². The van der Waals surface area contributed by atoms with E-state index in [1.165, 1.54) is 14.2 Å². The van der Waals surface area contributed by atoms with Crippen molar-refractivity contribution in [3.8, 4) is 11.5 Å². The highest BCUT2D eigenvalue weighted by atomic mass is 19.2. The Bertz CT molecular complexity index is 754. The van der Waals surface area contributed by atoms with E-state index in [-0.39, 0.29) is 6.54 Å². The molecule has 8 heteroatoms. The van der Waals surface area contributed by atoms with Crippen molar-refractivity contribution in [1.29, 1.82) is 0 Å². The van der Waals surface area contributed by atoms with Gasteiger partial charge in [-0.05, 0) is 24.3 Å². The number of benzene rings is 2. The molecule has 0 aliphatic carbocycles. The fourth-order valence-corrected chi connectivity index (χ4v) is 1.95. The molecule has 0 heterocycles. The molecule has 0 aliphatic rings. The van der Waals surface area contributed by atoms with Crippen molar-refractivity contribution in [2.45, 2.75) is 0 Å². The van der Waals surface area contributed by atoms with E-state index in [4.69, 9.17) is 9.47 Å². The van der Waals surface area contributed by atoms with Gasteiger partial charge in [-0.2, -0.15) is 0 Å². The van der Waals surface area contributed by atoms with Gasteiger partial charge in [0.2, 0.25) is 5.91 Å². The molecule has 0 fully saturated rings. The molecule has 2 N–H and O–H groups in total. The first-order valence-corrected chi connectivity index (χ1v) is 6.85. The first kappa shape index (κ1) is 17.5. The van der Waals surface area contributed by atoms with Gasteiger partial charge in [0.1, 0.15) is 0 Å². The molecule has 0 unspecified atom stereocenters. The number of halogens is 3. The van der Waals surface area contributed by atoms with E-state index in [0.29, 0.717) is 17.2 Å². The van der Waals surface area contributed by atoms with Crippen molar-refractivity contribution in [1.82, 2.24) is 0 Å². The van der Waals surface area contributed by atoms with Gasteiger partial charge in [0, 0.05) is 11.8 Å². The molecular weight excluding hydrogens is 325 g/mol. The molecule has 0 spiro atoms. The lowest BCUT2D eigenvalue weighted by Crippen LogP contribution is -2.22. The Morgan fingerprint density at radius 2 is 1.71 bits per heavy atom. The maximum Gasteiger partial charge on any atom is 0.243 e. The average Bonchev–Trinajstić information content (AvgIpc) is 2.60. The first-order valence-electron chi connectivity index (χ1n) is 6.85. The van der Waals surface area contributed by atoms with Crippen LogP contribution in [0.15, 0.2) is 30.3 Å². The molecule has 0 saturated carbocycles. The van der Waals surface area contributed by atoms with Crippen molar-refractivity contribution in [3.63, 3.8) is 0 Å². The van der Waals surface area contributed by atoms with Crippen molar-refractivity contribution < 1.29 is 27.4 Å². The van der Waals surface area contributed by atoms with E-state index in [1.54, 1.807) is 18.2 Å². The van der Waals surface area contributed by atoms with E-state index in [1.807, 2.05) is 0 Å². The maximum atomic E-state index is 13.5. The second kappa shape index (κ2) is 7.58. The van der Waals surface area contributed by atoms with E-state index in [9.17, 15) is 18.0 Å². The Morgan fingerprint density at radius 3 is 2.38 bits per heavy atom. The number of amides is 1. The molecule has 1 amide bonds. The number of ether oxygens (including phenoxy) is 2. The van der Waals surface area contributed by atoms with Crippen molar-refractivity contribution in [2.75, 3.05) is 31.4 Å². The first-order chi connectivity index (χ1) is 11.5. The Hall–Kier alpha value is -2.90. The minimum absolute atomic E-state index is 0.214. The van der Waals surface area contributed by atoms with Crippen LogP contribution in [0, 0.1) is 17.5 Å². The largest absolute Gasteiger partial charge is 0.493 e. The zero-order valence-corrected chi connectivity index (χ0v) is 13.0. The lowest BCUT2D eigenvalue weighted by Gasteiger charge is -2.12. The number of rotatable bonds is 6. The van der Waals surface area contributed by atoms with Crippen molar-refractivity contribution in [2.24, 2.45) is 0 Å². The van der Waals surface area contributed by atoms with E-state index < -0.39 is 29.0 Å². The minimum Gasteiger partial charge on any atom is -0.493 e. The zero-order valence-electron chi connectivity index (χ0n) is 13.0. The van der Waals surface area contributed by atoms with Crippen LogP contribution in [-0.2, 0) is 4.79 Å². The molecule has 2 aromatic carbocycles. The van der Waals surface area contributed by atoms with Crippen LogP contribution in [0.4, 0.5) is 24.5 Å². The monoisotopic (exact) mass is 340 g/mol. The van der Waals surface area contributed by atoms with Crippen LogP contribution in [0.1, 0.15) is 0 Å². The molecule has 0 atom stereocenters. The fourth-order valence-electron chi connectivity index (χ4n) is 1.95. The quantitative estimate of drug-likeness (QED) is 0.793. The van der Waals surface area contributed by atoms with E-state index in [0.717, 1.165) is 12.1 Å². The predicted molar refractivity (Wildman–Crippen MR) is 83.0 cm³/mol. The average molecular weight is 340 g/mol. The van der Waals surface area contributed by atoms with Crippen LogP contribution >= 0.6 is 0 Å². The Morgan fingerprint density at radius 1 is 1.00 bits per heavy atom. The molecule has 0 bridgehead atoms. The van der Waals surface area contributed by atoms with Crippen LogP contribution < -0.4 is 20.1 Å². The van der Waals surface area contributed by atoms with Gasteiger partial charge in [0.05, 0.1) is 26.5 Å². The summed E-state index contributed by atoms with van der Waals surface area (Å²) in [5, 5.41) is 4.96. The maximum absolute atomic E-state index is 13.5. The number of carbonyl (C=O) groups excluding carboxylic acids is 1. The number of hydrogen-bond acceptors (Lipinski definition) is 4. The standard InChI is InChI=1S/C16H15F3N2O3/c1-23-12-6-3-9(7-13(12)24-2)20-8-14(22)21-11-5-4-10(17)15(18)16(11)19/h3-7,20H,8H2,1-2H3,(H,21,22). The Labute approximate surface area is 136 Å². The number of carbonyl (C=O) groups is 1. The molecule has 5 nitrogen and oxygen atoms in total. The van der Waals surface area contributed by atoms with Crippen molar-refractivity contribution >= 4 is 17.3 Å². The van der Waals surface area contributed by atoms with Gasteiger partial charge in [-0.1, -0.05) is 0 Å². The number of nitrogens with one attached hydrogen (secondary N) is 2. The third kappa shape index (κ3) is 3.89. The van der Waals surface area contributed by atoms with Gasteiger partial charge in [0.15, 0.2) is 29.0 Å². The third-order valence-electron chi connectivity index (χ3n) is 3.15. The lowest BCUT2D eigenvalue weighted by atomic mass is 10.2. The highest BCUT2D eigenvalue weighted by Crippen LogP contribution is 2.29. The number of hydrogen-bond donors (Lipinski definition) is 2. The number of methoxy groups -OCH3 is 2. The fraction of sp³-hybridized carbons (Fsp3) is 0.188. The van der Waals surface area contributed by atoms with E-state index >= 15 is 0 Å². The Kier molecular flexibility index (Phi) is 5.51. The third-order valence-corrected chi connectivity index (χ3v) is 3.15. The zero-order chi connectivity index (χ0) is 17.7. The van der Waals surface area contributed by atoms with Crippen LogP contribution in [-0.4, -0.2) is 26.7 Å². The number of anilines is 2. The topological polar surface area (TPSA) is 59.6 Å². The van der Waals surface area contributed by atoms with Crippen LogP contribution in [0.2, 0.25) is 0 Å². The summed E-state index contributed by atoms with van der Waals surface area (Å²) >= 11 is 0. The van der Waals surface area contributed by atoms with Gasteiger partial charge < -0.3 is 20.1 Å². The summed E-state index contributed by atoms with van der Waals surface area (Å²) in [7, 11) is 2.97.